The smallest absolute Gasteiger partial charge is 0.338 e. The highest BCUT2D eigenvalue weighted by molar-refractivity contribution is 7.89. The summed E-state index contributed by atoms with van der Waals surface area (Å²) >= 11 is 5.90. The van der Waals surface area contributed by atoms with Gasteiger partial charge in [0, 0.05) is 23.8 Å². The van der Waals surface area contributed by atoms with Crippen molar-refractivity contribution in [1.82, 2.24) is 4.31 Å². The fourth-order valence-electron chi connectivity index (χ4n) is 3.17. The molecule has 2 aromatic rings. The van der Waals surface area contributed by atoms with Crippen molar-refractivity contribution in [2.45, 2.75) is 30.8 Å². The van der Waals surface area contributed by atoms with Crippen LogP contribution in [0.5, 0.6) is 5.75 Å². The number of hydrogen-bond acceptors (Lipinski definition) is 6. The number of benzene rings is 2. The van der Waals surface area contributed by atoms with E-state index in [0.717, 1.165) is 12.8 Å². The van der Waals surface area contributed by atoms with E-state index >= 15 is 0 Å². The van der Waals surface area contributed by atoms with Gasteiger partial charge in [-0.3, -0.25) is 4.79 Å². The predicted molar refractivity (Wildman–Crippen MR) is 116 cm³/mol. The SMILES string of the molecule is COc1ccc(C(=O)O[C@H](C)C(=O)Nc2cccc(Cl)c2)cc1S(=O)(=O)N1CCCC1. The molecule has 0 unspecified atom stereocenters. The van der Waals surface area contributed by atoms with Crippen LogP contribution in [0.15, 0.2) is 47.4 Å². The van der Waals surface area contributed by atoms with E-state index in [-0.39, 0.29) is 16.2 Å². The van der Waals surface area contributed by atoms with Crippen molar-refractivity contribution in [3.8, 4) is 5.75 Å². The Bertz CT molecular complexity index is 1080. The number of halogens is 1. The molecule has 1 aliphatic rings. The van der Waals surface area contributed by atoms with Crippen LogP contribution < -0.4 is 10.1 Å². The Morgan fingerprint density at radius 2 is 1.84 bits per heavy atom. The van der Waals surface area contributed by atoms with Gasteiger partial charge in [0.1, 0.15) is 10.6 Å². The largest absolute Gasteiger partial charge is 0.495 e. The van der Waals surface area contributed by atoms with Crippen LogP contribution >= 0.6 is 11.6 Å². The Labute approximate surface area is 186 Å². The number of sulfonamides is 1. The Morgan fingerprint density at radius 3 is 2.48 bits per heavy atom. The zero-order valence-electron chi connectivity index (χ0n) is 17.1. The van der Waals surface area contributed by atoms with E-state index < -0.39 is 28.0 Å². The van der Waals surface area contributed by atoms with Gasteiger partial charge in [0.25, 0.3) is 5.91 Å². The first-order chi connectivity index (χ1) is 14.7. The molecular formula is C21H23ClN2O6S. The maximum atomic E-state index is 13.0. The zero-order chi connectivity index (χ0) is 22.6. The molecule has 166 valence electrons. The van der Waals surface area contributed by atoms with E-state index in [9.17, 15) is 18.0 Å². The fourth-order valence-corrected chi connectivity index (χ4v) is 5.05. The summed E-state index contributed by atoms with van der Waals surface area (Å²) in [4.78, 5) is 24.8. The fraction of sp³-hybridized carbons (Fsp3) is 0.333. The van der Waals surface area contributed by atoms with E-state index in [4.69, 9.17) is 21.1 Å². The van der Waals surface area contributed by atoms with Gasteiger partial charge in [-0.2, -0.15) is 4.31 Å². The summed E-state index contributed by atoms with van der Waals surface area (Å²) in [6, 6.07) is 10.6. The number of amides is 1. The van der Waals surface area contributed by atoms with Gasteiger partial charge < -0.3 is 14.8 Å². The van der Waals surface area contributed by atoms with Crippen molar-refractivity contribution in [1.29, 1.82) is 0 Å². The summed E-state index contributed by atoms with van der Waals surface area (Å²) in [5.41, 5.74) is 0.463. The summed E-state index contributed by atoms with van der Waals surface area (Å²) in [5, 5.41) is 3.06. The molecule has 0 spiro atoms. The van der Waals surface area contributed by atoms with E-state index in [1.54, 1.807) is 24.3 Å². The van der Waals surface area contributed by atoms with Gasteiger partial charge >= 0.3 is 5.97 Å². The third kappa shape index (κ3) is 5.36. The molecule has 3 rings (SSSR count). The minimum absolute atomic E-state index is 0.000905. The number of hydrogen-bond donors (Lipinski definition) is 1. The molecule has 0 aliphatic carbocycles. The monoisotopic (exact) mass is 466 g/mol. The quantitative estimate of drug-likeness (QED) is 0.628. The molecule has 1 N–H and O–H groups in total. The van der Waals surface area contributed by atoms with E-state index in [1.165, 1.54) is 36.5 Å². The summed E-state index contributed by atoms with van der Waals surface area (Å²) in [6.45, 7) is 2.25. The number of ether oxygens (including phenoxy) is 2. The summed E-state index contributed by atoms with van der Waals surface area (Å²) in [7, 11) is -2.46. The highest BCUT2D eigenvalue weighted by atomic mass is 35.5. The van der Waals surface area contributed by atoms with Gasteiger partial charge in [-0.05, 0) is 56.2 Å². The second-order valence-electron chi connectivity index (χ2n) is 7.02. The van der Waals surface area contributed by atoms with Crippen LogP contribution in [-0.2, 0) is 19.6 Å². The molecule has 10 heteroatoms. The number of methoxy groups -OCH3 is 1. The molecule has 0 aromatic heterocycles. The Balaban J connectivity index is 1.76. The average Bonchev–Trinajstić information content (AvgIpc) is 3.29. The normalized spacial score (nSPS) is 15.3. The molecular weight excluding hydrogens is 444 g/mol. The minimum atomic E-state index is -3.82. The van der Waals surface area contributed by atoms with Gasteiger partial charge in [0.15, 0.2) is 6.10 Å². The lowest BCUT2D eigenvalue weighted by atomic mass is 10.2. The first-order valence-corrected chi connectivity index (χ1v) is 11.5. The number of carbonyl (C=O) groups is 2. The van der Waals surface area contributed by atoms with Crippen molar-refractivity contribution < 1.29 is 27.5 Å². The molecule has 1 heterocycles. The molecule has 2 aromatic carbocycles. The second kappa shape index (κ2) is 9.67. The topological polar surface area (TPSA) is 102 Å². The highest BCUT2D eigenvalue weighted by Gasteiger charge is 2.31. The molecule has 1 atom stereocenters. The summed E-state index contributed by atoms with van der Waals surface area (Å²) in [5.74, 6) is -1.24. The van der Waals surface area contributed by atoms with Crippen molar-refractivity contribution >= 4 is 39.2 Å². The Kier molecular flexibility index (Phi) is 7.19. The molecule has 1 fully saturated rings. The van der Waals surface area contributed by atoms with E-state index in [1.807, 2.05) is 0 Å². The first kappa shape index (κ1) is 23.1. The van der Waals surface area contributed by atoms with Crippen molar-refractivity contribution in [3.63, 3.8) is 0 Å². The molecule has 1 amide bonds. The molecule has 1 saturated heterocycles. The van der Waals surface area contributed by atoms with Crippen molar-refractivity contribution in [2.24, 2.45) is 0 Å². The molecule has 1 aliphatic heterocycles. The number of anilines is 1. The Hall–Kier alpha value is -2.62. The first-order valence-electron chi connectivity index (χ1n) is 9.68. The van der Waals surface area contributed by atoms with Gasteiger partial charge in [0.05, 0.1) is 12.7 Å². The number of carbonyl (C=O) groups excluding carboxylic acids is 2. The highest BCUT2D eigenvalue weighted by Crippen LogP contribution is 2.30. The lowest BCUT2D eigenvalue weighted by Crippen LogP contribution is -2.30. The number of nitrogens with zero attached hydrogens (tertiary/aromatic N) is 1. The number of esters is 1. The van der Waals surface area contributed by atoms with Crippen molar-refractivity contribution in [3.05, 3.63) is 53.1 Å². The number of nitrogens with one attached hydrogen (secondary N) is 1. The number of rotatable bonds is 7. The van der Waals surface area contributed by atoms with Gasteiger partial charge in [-0.25, -0.2) is 13.2 Å². The van der Waals surface area contributed by atoms with E-state index in [2.05, 4.69) is 5.32 Å². The molecule has 31 heavy (non-hydrogen) atoms. The van der Waals surface area contributed by atoms with Crippen LogP contribution in [0.1, 0.15) is 30.1 Å². The van der Waals surface area contributed by atoms with Crippen LogP contribution in [0.2, 0.25) is 5.02 Å². The third-order valence-electron chi connectivity index (χ3n) is 4.83. The molecule has 0 saturated carbocycles. The Morgan fingerprint density at radius 1 is 1.13 bits per heavy atom. The summed E-state index contributed by atoms with van der Waals surface area (Å²) < 4.78 is 37.7. The minimum Gasteiger partial charge on any atom is -0.495 e. The van der Waals surface area contributed by atoms with Crippen LogP contribution in [0.4, 0.5) is 5.69 Å². The van der Waals surface area contributed by atoms with Crippen molar-refractivity contribution in [2.75, 3.05) is 25.5 Å². The lowest BCUT2D eigenvalue weighted by molar-refractivity contribution is -0.123. The lowest BCUT2D eigenvalue weighted by Gasteiger charge is -2.18. The summed E-state index contributed by atoms with van der Waals surface area (Å²) in [6.07, 6.45) is 0.442. The average molecular weight is 467 g/mol. The zero-order valence-corrected chi connectivity index (χ0v) is 18.7. The maximum Gasteiger partial charge on any atom is 0.338 e. The van der Waals surface area contributed by atoms with Gasteiger partial charge in [0.2, 0.25) is 10.0 Å². The molecule has 0 radical (unpaired) electrons. The van der Waals surface area contributed by atoms with Gasteiger partial charge in [-0.15, -0.1) is 0 Å². The molecule has 0 bridgehead atoms. The maximum absolute atomic E-state index is 13.0. The van der Waals surface area contributed by atoms with Crippen LogP contribution in [-0.4, -0.2) is 50.9 Å². The third-order valence-corrected chi connectivity index (χ3v) is 6.98. The van der Waals surface area contributed by atoms with Crippen LogP contribution in [0.25, 0.3) is 0 Å². The van der Waals surface area contributed by atoms with Crippen LogP contribution in [0.3, 0.4) is 0 Å². The second-order valence-corrected chi connectivity index (χ2v) is 9.37. The standard InChI is InChI=1S/C21H23ClN2O6S/c1-14(20(25)23-17-7-5-6-16(22)13-17)30-21(26)15-8-9-18(29-2)19(12-15)31(27,28)24-10-3-4-11-24/h5-9,12-14H,3-4,10-11H2,1-2H3,(H,23,25)/t14-/m1/s1. The van der Waals surface area contributed by atoms with E-state index in [0.29, 0.717) is 23.8 Å². The predicted octanol–water partition coefficient (Wildman–Crippen LogP) is 3.32. The van der Waals surface area contributed by atoms with Crippen LogP contribution in [0, 0.1) is 0 Å². The molecule has 8 nitrogen and oxygen atoms in total. The van der Waals surface area contributed by atoms with Gasteiger partial charge in [-0.1, -0.05) is 17.7 Å².